The number of benzene rings is 2. The Morgan fingerprint density at radius 2 is 1.97 bits per heavy atom. The lowest BCUT2D eigenvalue weighted by Crippen LogP contribution is -2.43. The number of ether oxygens (including phenoxy) is 1. The van der Waals surface area contributed by atoms with E-state index in [1.165, 1.54) is 6.07 Å². The highest BCUT2D eigenvalue weighted by Gasteiger charge is 2.32. The summed E-state index contributed by atoms with van der Waals surface area (Å²) in [5, 5.41) is 26.2. The second-order valence-electron chi connectivity index (χ2n) is 8.57. The number of carbonyl (C=O) groups is 2. The van der Waals surface area contributed by atoms with Crippen molar-refractivity contribution in [1.82, 2.24) is 15.5 Å². The van der Waals surface area contributed by atoms with Gasteiger partial charge in [-0.2, -0.15) is 0 Å². The van der Waals surface area contributed by atoms with Crippen molar-refractivity contribution < 1.29 is 19.4 Å². The van der Waals surface area contributed by atoms with Gasteiger partial charge in [-0.15, -0.1) is 0 Å². The summed E-state index contributed by atoms with van der Waals surface area (Å²) in [4.78, 5) is 26.0. The second kappa shape index (κ2) is 9.67. The molecule has 0 saturated carbocycles. The molecule has 2 fully saturated rings. The lowest BCUT2D eigenvalue weighted by molar-refractivity contribution is -0.134. The fraction of sp³-hybridized carbons (Fsp3) is 0.458. The third kappa shape index (κ3) is 4.76. The van der Waals surface area contributed by atoms with Crippen LogP contribution in [0.2, 0.25) is 0 Å². The van der Waals surface area contributed by atoms with Crippen LogP contribution in [0.25, 0.3) is 10.8 Å². The van der Waals surface area contributed by atoms with Gasteiger partial charge in [0.25, 0.3) is 0 Å². The molecule has 0 aliphatic carbocycles. The van der Waals surface area contributed by atoms with Crippen LogP contribution in [0, 0.1) is 11.3 Å². The average Bonchev–Trinajstić information content (AvgIpc) is 2.79. The van der Waals surface area contributed by atoms with E-state index in [2.05, 4.69) is 22.6 Å². The summed E-state index contributed by atoms with van der Waals surface area (Å²) in [6, 6.07) is 9.43. The van der Waals surface area contributed by atoms with Gasteiger partial charge in [0, 0.05) is 24.6 Å². The Balaban J connectivity index is 1.46. The van der Waals surface area contributed by atoms with Crippen molar-refractivity contribution in [3.05, 3.63) is 35.9 Å². The summed E-state index contributed by atoms with van der Waals surface area (Å²) in [6.45, 7) is 3.53. The largest absolute Gasteiger partial charge is 0.507 e. The van der Waals surface area contributed by atoms with E-state index in [4.69, 9.17) is 10.1 Å². The second-order valence-corrected chi connectivity index (χ2v) is 8.57. The number of carbonyl (C=O) groups excluding carboxylic acids is 2. The van der Waals surface area contributed by atoms with Crippen LogP contribution < -0.4 is 15.4 Å². The number of amides is 2. The highest BCUT2D eigenvalue weighted by Crippen LogP contribution is 2.33. The molecule has 8 nitrogen and oxygen atoms in total. The number of phenols is 1. The van der Waals surface area contributed by atoms with Gasteiger partial charge in [-0.3, -0.25) is 19.8 Å². The number of hydrogen-bond donors (Lipinski definition) is 4. The van der Waals surface area contributed by atoms with E-state index in [1.54, 1.807) is 6.07 Å². The van der Waals surface area contributed by atoms with Crippen LogP contribution in [0.1, 0.15) is 31.2 Å². The highest BCUT2D eigenvalue weighted by molar-refractivity contribution is 6.21. The maximum absolute atomic E-state index is 12.2. The summed E-state index contributed by atoms with van der Waals surface area (Å²) in [5.74, 6) is -0.898. The van der Waals surface area contributed by atoms with Gasteiger partial charge in [-0.25, -0.2) is 0 Å². The van der Waals surface area contributed by atoms with Crippen molar-refractivity contribution in [2.24, 2.45) is 5.92 Å². The lowest BCUT2D eigenvalue weighted by Gasteiger charge is -2.31. The molecule has 2 aromatic rings. The fourth-order valence-electron chi connectivity index (χ4n) is 4.55. The number of rotatable bonds is 7. The Kier molecular flexibility index (Phi) is 6.72. The quantitative estimate of drug-likeness (QED) is 0.388. The Hall–Kier alpha value is -2.97. The number of imide groups is 1. The van der Waals surface area contributed by atoms with Crippen LogP contribution in [-0.4, -0.2) is 66.9 Å². The molecule has 4 rings (SSSR count). The Bertz CT molecular complexity index is 1030. The number of fused-ring (bicyclic) bond motifs is 1. The number of likely N-dealkylation sites (N-methyl/N-ethyl adjacent to an activating group) is 1. The minimum atomic E-state index is -0.759. The van der Waals surface area contributed by atoms with Crippen molar-refractivity contribution in [1.29, 1.82) is 5.41 Å². The summed E-state index contributed by atoms with van der Waals surface area (Å²) in [6.07, 6.45) is 2.76. The topological polar surface area (TPSA) is 115 Å². The Morgan fingerprint density at radius 1 is 1.19 bits per heavy atom. The first-order valence-electron chi connectivity index (χ1n) is 11.2. The molecule has 2 heterocycles. The molecule has 2 aliphatic rings. The molecule has 2 aliphatic heterocycles. The van der Waals surface area contributed by atoms with Crippen molar-refractivity contribution >= 4 is 28.3 Å². The first kappa shape index (κ1) is 22.2. The molecule has 0 bridgehead atoms. The first-order valence-corrected chi connectivity index (χ1v) is 11.2. The van der Waals surface area contributed by atoms with Gasteiger partial charge >= 0.3 is 0 Å². The maximum atomic E-state index is 12.2. The zero-order chi connectivity index (χ0) is 22.7. The number of phenolic OH excluding ortho intramolecular Hbond substituents is 1. The SMILES string of the molecule is CN(CCOc1ccc2c(C(=N)C3CCC(=O)NC3=O)c(O)ccc2c1)C1CCNCC1. The standard InChI is InChI=1S/C24H30N4O4/c1-28(16-8-10-26-11-9-16)12-13-32-17-3-4-18-15(14-17)2-6-20(29)22(18)23(25)19-5-7-21(30)27-24(19)31/h2-4,6,14,16,19,25-26,29H,5,7-13H2,1H3,(H,27,30,31). The molecule has 1 atom stereocenters. The third-order valence-corrected chi connectivity index (χ3v) is 6.47. The molecule has 2 amide bonds. The van der Waals surface area contributed by atoms with Crippen molar-refractivity contribution in [3.8, 4) is 11.5 Å². The Morgan fingerprint density at radius 3 is 2.72 bits per heavy atom. The zero-order valence-electron chi connectivity index (χ0n) is 18.3. The molecule has 0 spiro atoms. The van der Waals surface area contributed by atoms with Crippen LogP contribution in [-0.2, 0) is 9.59 Å². The normalized spacial score (nSPS) is 19.9. The molecule has 8 heteroatoms. The van der Waals surface area contributed by atoms with Crippen LogP contribution in [0.4, 0.5) is 0 Å². The molecule has 2 saturated heterocycles. The van der Waals surface area contributed by atoms with Crippen LogP contribution in [0.15, 0.2) is 30.3 Å². The van der Waals surface area contributed by atoms with E-state index < -0.39 is 11.8 Å². The first-order chi connectivity index (χ1) is 15.4. The van der Waals surface area contributed by atoms with Crippen molar-refractivity contribution in [2.75, 3.05) is 33.3 Å². The molecular weight excluding hydrogens is 408 g/mol. The van der Waals surface area contributed by atoms with Gasteiger partial charge in [0.05, 0.1) is 11.6 Å². The lowest BCUT2D eigenvalue weighted by atomic mass is 9.86. The van der Waals surface area contributed by atoms with E-state index >= 15 is 0 Å². The summed E-state index contributed by atoms with van der Waals surface area (Å²) in [7, 11) is 2.13. The van der Waals surface area contributed by atoms with Gasteiger partial charge < -0.3 is 20.6 Å². The highest BCUT2D eigenvalue weighted by atomic mass is 16.5. The van der Waals surface area contributed by atoms with Crippen LogP contribution in [0.3, 0.4) is 0 Å². The summed E-state index contributed by atoms with van der Waals surface area (Å²) in [5.41, 5.74) is 0.351. The van der Waals surface area contributed by atoms with E-state index in [0.717, 1.165) is 43.6 Å². The predicted molar refractivity (Wildman–Crippen MR) is 122 cm³/mol. The zero-order valence-corrected chi connectivity index (χ0v) is 18.3. The van der Waals surface area contributed by atoms with Gasteiger partial charge in [-0.1, -0.05) is 6.07 Å². The maximum Gasteiger partial charge on any atom is 0.235 e. The molecule has 170 valence electrons. The Labute approximate surface area is 187 Å². The van der Waals surface area contributed by atoms with Crippen LogP contribution in [0.5, 0.6) is 11.5 Å². The smallest absolute Gasteiger partial charge is 0.235 e. The average molecular weight is 439 g/mol. The van der Waals surface area contributed by atoms with Gasteiger partial charge in [0.1, 0.15) is 18.1 Å². The number of aromatic hydroxyl groups is 1. The number of nitrogens with zero attached hydrogens (tertiary/aromatic N) is 1. The number of piperidine rings is 2. The molecule has 32 heavy (non-hydrogen) atoms. The van der Waals surface area contributed by atoms with Crippen LogP contribution >= 0.6 is 0 Å². The van der Waals surface area contributed by atoms with Gasteiger partial charge in [0.2, 0.25) is 11.8 Å². The molecular formula is C24H30N4O4. The van der Waals surface area contributed by atoms with E-state index in [1.807, 2.05) is 18.2 Å². The minimum Gasteiger partial charge on any atom is -0.507 e. The minimum absolute atomic E-state index is 0.0235. The molecule has 0 aromatic heterocycles. The summed E-state index contributed by atoms with van der Waals surface area (Å²) >= 11 is 0. The predicted octanol–water partition coefficient (Wildman–Crippen LogP) is 2.03. The fourth-order valence-corrected chi connectivity index (χ4v) is 4.55. The number of hydrogen-bond acceptors (Lipinski definition) is 7. The molecule has 2 aromatic carbocycles. The van der Waals surface area contributed by atoms with Gasteiger partial charge in [-0.05, 0) is 74.4 Å². The van der Waals surface area contributed by atoms with Crippen molar-refractivity contribution in [3.63, 3.8) is 0 Å². The van der Waals surface area contributed by atoms with Crippen molar-refractivity contribution in [2.45, 2.75) is 31.7 Å². The molecule has 1 unspecified atom stereocenters. The number of nitrogens with one attached hydrogen (secondary N) is 3. The summed E-state index contributed by atoms with van der Waals surface area (Å²) < 4.78 is 5.98. The molecule has 4 N–H and O–H groups in total. The third-order valence-electron chi connectivity index (χ3n) is 6.47. The van der Waals surface area contributed by atoms with E-state index in [9.17, 15) is 14.7 Å². The van der Waals surface area contributed by atoms with E-state index in [-0.39, 0.29) is 30.2 Å². The molecule has 0 radical (unpaired) electrons. The van der Waals surface area contributed by atoms with Gasteiger partial charge in [0.15, 0.2) is 0 Å². The monoisotopic (exact) mass is 438 g/mol. The van der Waals surface area contributed by atoms with E-state index in [0.29, 0.717) is 23.6 Å².